The van der Waals surface area contributed by atoms with Crippen LogP contribution in [0.5, 0.6) is 0 Å². The first-order valence-corrected chi connectivity index (χ1v) is 13.1. The number of aliphatic carboxylic acids is 1. The zero-order chi connectivity index (χ0) is 29.1. The summed E-state index contributed by atoms with van der Waals surface area (Å²) >= 11 is 6.43. The number of hydrogen-bond donors (Lipinski definition) is 2. The maximum absolute atomic E-state index is 14.9. The van der Waals surface area contributed by atoms with Crippen molar-refractivity contribution in [2.24, 2.45) is 0 Å². The molecule has 0 spiro atoms. The minimum Gasteiger partial charge on any atom is -0.480 e. The van der Waals surface area contributed by atoms with Gasteiger partial charge in [-0.1, -0.05) is 35.9 Å². The third kappa shape index (κ3) is 5.82. The first kappa shape index (κ1) is 28.0. The van der Waals surface area contributed by atoms with Crippen LogP contribution in [0, 0.1) is 23.0 Å². The molecule has 5 rings (SSSR count). The number of aromatic nitrogens is 1. The van der Waals surface area contributed by atoms with Gasteiger partial charge in [-0.2, -0.15) is 5.26 Å². The maximum atomic E-state index is 14.9. The molecule has 1 amide bonds. The van der Waals surface area contributed by atoms with E-state index >= 15 is 0 Å². The van der Waals surface area contributed by atoms with Gasteiger partial charge in [-0.25, -0.2) is 13.6 Å². The van der Waals surface area contributed by atoms with Crippen molar-refractivity contribution in [3.63, 3.8) is 0 Å². The molecular formula is C30H23ClF2N4O4. The predicted octanol–water partition coefficient (Wildman–Crippen LogP) is 4.97. The molecule has 1 aromatic heterocycles. The Labute approximate surface area is 238 Å². The second-order valence-corrected chi connectivity index (χ2v) is 9.84. The molecule has 0 bridgehead atoms. The number of pyridine rings is 1. The monoisotopic (exact) mass is 576 g/mol. The number of halogens is 3. The van der Waals surface area contributed by atoms with Crippen molar-refractivity contribution in [2.45, 2.75) is 12.5 Å². The Hall–Kier alpha value is -4.59. The minimum atomic E-state index is -1.49. The number of ether oxygens (including phenoxy) is 1. The zero-order valence-electron chi connectivity index (χ0n) is 21.5. The van der Waals surface area contributed by atoms with E-state index in [2.05, 4.69) is 10.3 Å². The number of morpholine rings is 1. The smallest absolute Gasteiger partial charge is 0.326 e. The van der Waals surface area contributed by atoms with E-state index in [1.165, 1.54) is 0 Å². The Morgan fingerprint density at radius 2 is 1.80 bits per heavy atom. The Balaban J connectivity index is 1.43. The molecule has 0 unspecified atom stereocenters. The number of carboxylic acid groups (broad SMARTS) is 1. The number of anilines is 1. The van der Waals surface area contributed by atoms with Crippen molar-refractivity contribution in [3.8, 4) is 17.2 Å². The molecule has 4 aromatic rings. The topological polar surface area (TPSA) is 116 Å². The van der Waals surface area contributed by atoms with Crippen LogP contribution in [0.4, 0.5) is 14.5 Å². The van der Waals surface area contributed by atoms with E-state index in [0.29, 0.717) is 64.5 Å². The van der Waals surface area contributed by atoms with Crippen molar-refractivity contribution < 1.29 is 28.2 Å². The van der Waals surface area contributed by atoms with Crippen molar-refractivity contribution >= 4 is 40.1 Å². The highest BCUT2D eigenvalue weighted by Gasteiger charge is 2.27. The van der Waals surface area contributed by atoms with E-state index in [1.54, 1.807) is 53.6 Å². The zero-order valence-corrected chi connectivity index (χ0v) is 22.3. The van der Waals surface area contributed by atoms with Gasteiger partial charge in [0.2, 0.25) is 0 Å². The summed E-state index contributed by atoms with van der Waals surface area (Å²) < 4.78 is 35.2. The van der Waals surface area contributed by atoms with E-state index in [0.717, 1.165) is 12.1 Å². The van der Waals surface area contributed by atoms with Crippen molar-refractivity contribution in [2.75, 3.05) is 31.2 Å². The molecule has 11 heteroatoms. The fourth-order valence-corrected chi connectivity index (χ4v) is 5.14. The van der Waals surface area contributed by atoms with Crippen LogP contribution in [0.3, 0.4) is 0 Å². The van der Waals surface area contributed by atoms with E-state index in [9.17, 15) is 23.5 Å². The van der Waals surface area contributed by atoms with Crippen LogP contribution in [0.15, 0.2) is 60.8 Å². The number of hydrogen-bond acceptors (Lipinski definition) is 6. The van der Waals surface area contributed by atoms with Gasteiger partial charge in [-0.05, 0) is 35.9 Å². The molecule has 2 heterocycles. The Morgan fingerprint density at radius 1 is 1.10 bits per heavy atom. The number of carbonyl (C=O) groups excluding carboxylic acids is 1. The number of benzene rings is 3. The molecule has 1 aliphatic rings. The quantitative estimate of drug-likeness (QED) is 0.319. The molecule has 1 aliphatic heterocycles. The summed E-state index contributed by atoms with van der Waals surface area (Å²) in [6.07, 6.45) is 1.40. The minimum absolute atomic E-state index is 0.181. The molecule has 0 saturated carbocycles. The number of fused-ring (bicyclic) bond motifs is 1. The number of rotatable bonds is 7. The second kappa shape index (κ2) is 11.9. The first-order valence-electron chi connectivity index (χ1n) is 12.7. The average Bonchev–Trinajstić information content (AvgIpc) is 2.97. The Morgan fingerprint density at radius 3 is 2.46 bits per heavy atom. The highest BCUT2D eigenvalue weighted by atomic mass is 35.5. The maximum Gasteiger partial charge on any atom is 0.326 e. The van der Waals surface area contributed by atoms with E-state index in [1.807, 2.05) is 6.07 Å². The lowest BCUT2D eigenvalue weighted by atomic mass is 9.94. The molecule has 0 aliphatic carbocycles. The van der Waals surface area contributed by atoms with Crippen molar-refractivity contribution in [1.82, 2.24) is 10.3 Å². The number of carbonyl (C=O) groups is 2. The van der Waals surface area contributed by atoms with Gasteiger partial charge in [0, 0.05) is 52.9 Å². The normalized spacial score (nSPS) is 14.0. The summed E-state index contributed by atoms with van der Waals surface area (Å²) in [6.45, 7) is 1.73. The number of nitrogens with zero attached hydrogens (tertiary/aromatic N) is 3. The molecule has 8 nitrogen and oxygen atoms in total. The van der Waals surface area contributed by atoms with Crippen LogP contribution < -0.4 is 10.2 Å². The second-order valence-electron chi connectivity index (χ2n) is 9.43. The lowest BCUT2D eigenvalue weighted by molar-refractivity contribution is -0.139. The molecule has 1 atom stereocenters. The van der Waals surface area contributed by atoms with Crippen LogP contribution >= 0.6 is 11.6 Å². The Bertz CT molecular complexity index is 1680. The fourth-order valence-electron chi connectivity index (χ4n) is 4.86. The van der Waals surface area contributed by atoms with Gasteiger partial charge in [0.1, 0.15) is 23.2 Å². The third-order valence-electron chi connectivity index (χ3n) is 6.91. The number of nitrogens with one attached hydrogen (secondary N) is 1. The summed E-state index contributed by atoms with van der Waals surface area (Å²) in [5, 5.41) is 22.3. The predicted molar refractivity (Wildman–Crippen MR) is 149 cm³/mol. The van der Waals surface area contributed by atoms with Crippen molar-refractivity contribution in [1.29, 1.82) is 5.26 Å². The molecular weight excluding hydrogens is 554 g/mol. The van der Waals surface area contributed by atoms with Gasteiger partial charge in [0.15, 0.2) is 0 Å². The highest BCUT2D eigenvalue weighted by molar-refractivity contribution is 6.33. The largest absolute Gasteiger partial charge is 0.480 e. The molecule has 3 aromatic carbocycles. The molecule has 0 radical (unpaired) electrons. The summed E-state index contributed by atoms with van der Waals surface area (Å²) in [7, 11) is 0. The molecule has 208 valence electrons. The van der Waals surface area contributed by atoms with Gasteiger partial charge in [0.25, 0.3) is 5.91 Å². The first-order chi connectivity index (χ1) is 19.8. The molecule has 1 saturated heterocycles. The summed E-state index contributed by atoms with van der Waals surface area (Å²) in [5.74, 6) is -4.73. The van der Waals surface area contributed by atoms with Crippen LogP contribution in [-0.4, -0.2) is 54.3 Å². The summed E-state index contributed by atoms with van der Waals surface area (Å²) in [5.41, 5.74) is 2.19. The SMILES string of the molecule is N#Cc1ccc(-c2ccc(C[C@H](NC(=O)c3c(F)cc(N4CCOCC4)cc3F)C(=O)O)c3cccnc23)c(Cl)c1. The Kier molecular flexibility index (Phi) is 8.10. The van der Waals surface area contributed by atoms with Crippen LogP contribution in [0.25, 0.3) is 22.0 Å². The molecule has 2 N–H and O–H groups in total. The number of carboxylic acids is 1. The summed E-state index contributed by atoms with van der Waals surface area (Å²) in [4.78, 5) is 31.3. The van der Waals surface area contributed by atoms with Gasteiger partial charge in [0.05, 0.1) is 30.4 Å². The molecule has 41 heavy (non-hydrogen) atoms. The van der Waals surface area contributed by atoms with E-state index in [-0.39, 0.29) is 12.1 Å². The average molecular weight is 577 g/mol. The van der Waals surface area contributed by atoms with Gasteiger partial charge in [-0.3, -0.25) is 9.78 Å². The standard InChI is InChI=1S/C30H23ClF2N4O4/c31-23-12-17(16-34)3-5-21(23)22-6-4-18(20-2-1-7-35-28(20)22)13-26(30(39)40)36-29(38)27-24(32)14-19(15-25(27)33)37-8-10-41-11-9-37/h1-7,12,14-15,26H,8-11,13H2,(H,36,38)(H,39,40)/t26-/m0/s1. The lowest BCUT2D eigenvalue weighted by Gasteiger charge is -2.29. The van der Waals surface area contributed by atoms with Gasteiger partial charge < -0.3 is 20.1 Å². The summed E-state index contributed by atoms with van der Waals surface area (Å²) in [6, 6.07) is 14.4. The number of nitriles is 1. The van der Waals surface area contributed by atoms with Crippen molar-refractivity contribution in [3.05, 3.63) is 94.1 Å². The van der Waals surface area contributed by atoms with Gasteiger partial charge in [-0.15, -0.1) is 0 Å². The van der Waals surface area contributed by atoms with E-state index in [4.69, 9.17) is 21.6 Å². The highest BCUT2D eigenvalue weighted by Crippen LogP contribution is 2.35. The fraction of sp³-hybridized carbons (Fsp3) is 0.200. The molecule has 1 fully saturated rings. The van der Waals surface area contributed by atoms with Crippen LogP contribution in [0.2, 0.25) is 5.02 Å². The number of amides is 1. The van der Waals surface area contributed by atoms with Crippen LogP contribution in [0.1, 0.15) is 21.5 Å². The lowest BCUT2D eigenvalue weighted by Crippen LogP contribution is -2.43. The van der Waals surface area contributed by atoms with E-state index < -0.39 is 35.1 Å². The third-order valence-corrected chi connectivity index (χ3v) is 7.22. The van der Waals surface area contributed by atoms with Crippen LogP contribution in [-0.2, 0) is 16.0 Å². The van der Waals surface area contributed by atoms with Gasteiger partial charge >= 0.3 is 5.97 Å².